The van der Waals surface area contributed by atoms with Gasteiger partial charge in [0.15, 0.2) is 0 Å². The molecule has 0 saturated heterocycles. The first kappa shape index (κ1) is 15.2. The van der Waals surface area contributed by atoms with E-state index >= 15 is 0 Å². The zero-order chi connectivity index (χ0) is 14.4. The second kappa shape index (κ2) is 6.89. The molecule has 1 unspecified atom stereocenters. The van der Waals surface area contributed by atoms with Gasteiger partial charge in [0.1, 0.15) is 0 Å². The lowest BCUT2D eigenvalue weighted by Gasteiger charge is -2.20. The van der Waals surface area contributed by atoms with Crippen LogP contribution >= 0.6 is 0 Å². The van der Waals surface area contributed by atoms with Gasteiger partial charge < -0.3 is 15.3 Å². The summed E-state index contributed by atoms with van der Waals surface area (Å²) in [4.78, 5) is 24.8. The lowest BCUT2D eigenvalue weighted by Crippen LogP contribution is -2.38. The van der Waals surface area contributed by atoms with Gasteiger partial charge in [-0.05, 0) is 32.6 Å². The van der Waals surface area contributed by atoms with Gasteiger partial charge >= 0.3 is 5.97 Å². The molecule has 0 radical (unpaired) electrons. The molecule has 0 aliphatic heterocycles. The average Bonchev–Trinajstić information content (AvgIpc) is 2.36. The number of benzene rings is 1. The Hall–Kier alpha value is -1.88. The fourth-order valence-electron chi connectivity index (χ4n) is 1.56. The van der Waals surface area contributed by atoms with E-state index in [0.717, 1.165) is 0 Å². The quantitative estimate of drug-likeness (QED) is 0.804. The molecular formula is C14H20N2O3. The molecule has 0 spiro atoms. The molecule has 0 saturated carbocycles. The third-order valence-corrected chi connectivity index (χ3v) is 3.07. The lowest BCUT2D eigenvalue weighted by atomic mass is 10.0. The standard InChI is InChI=1S/C14H20N2O3/c1-10(16(2)3)9-15-13(17)8-11-6-4-5-7-12(11)14(18)19/h4-7,10H,8-9H2,1-3H3,(H,15,17)(H,18,19). The monoisotopic (exact) mass is 264 g/mol. The maximum Gasteiger partial charge on any atom is 0.335 e. The van der Waals surface area contributed by atoms with E-state index < -0.39 is 5.97 Å². The van der Waals surface area contributed by atoms with Crippen molar-refractivity contribution in [2.45, 2.75) is 19.4 Å². The van der Waals surface area contributed by atoms with Crippen LogP contribution in [0.4, 0.5) is 0 Å². The molecule has 0 aliphatic carbocycles. The Labute approximate surface area is 113 Å². The van der Waals surface area contributed by atoms with Crippen molar-refractivity contribution < 1.29 is 14.7 Å². The number of amides is 1. The molecule has 0 fully saturated rings. The van der Waals surface area contributed by atoms with Gasteiger partial charge in [-0.25, -0.2) is 4.79 Å². The van der Waals surface area contributed by atoms with E-state index in [1.165, 1.54) is 6.07 Å². The fourth-order valence-corrected chi connectivity index (χ4v) is 1.56. The summed E-state index contributed by atoms with van der Waals surface area (Å²) in [7, 11) is 3.88. The Bertz CT molecular complexity index is 458. The van der Waals surface area contributed by atoms with E-state index in [-0.39, 0.29) is 23.9 Å². The van der Waals surface area contributed by atoms with E-state index in [4.69, 9.17) is 5.11 Å². The van der Waals surface area contributed by atoms with E-state index in [9.17, 15) is 9.59 Å². The molecule has 2 N–H and O–H groups in total. The minimum atomic E-state index is -1.01. The van der Waals surface area contributed by atoms with Gasteiger partial charge in [0.25, 0.3) is 0 Å². The molecule has 1 aromatic rings. The normalized spacial score (nSPS) is 12.2. The summed E-state index contributed by atoms with van der Waals surface area (Å²) in [6.07, 6.45) is 0.0859. The second-order valence-corrected chi connectivity index (χ2v) is 4.76. The van der Waals surface area contributed by atoms with E-state index in [1.807, 2.05) is 25.9 Å². The number of nitrogens with zero attached hydrogens (tertiary/aromatic N) is 1. The predicted octanol–water partition coefficient (Wildman–Crippen LogP) is 0.994. The summed E-state index contributed by atoms with van der Waals surface area (Å²) in [6, 6.07) is 6.79. The van der Waals surface area contributed by atoms with Crippen molar-refractivity contribution in [3.63, 3.8) is 0 Å². The van der Waals surface area contributed by atoms with Gasteiger partial charge in [-0.2, -0.15) is 0 Å². The topological polar surface area (TPSA) is 69.6 Å². The van der Waals surface area contributed by atoms with Gasteiger partial charge in [-0.15, -0.1) is 0 Å². The SMILES string of the molecule is CC(CNC(=O)Cc1ccccc1C(=O)O)N(C)C. The Balaban J connectivity index is 2.60. The first-order chi connectivity index (χ1) is 8.91. The van der Waals surface area contributed by atoms with Crippen LogP contribution in [0.3, 0.4) is 0 Å². The fraction of sp³-hybridized carbons (Fsp3) is 0.429. The number of carboxylic acids is 1. The zero-order valence-corrected chi connectivity index (χ0v) is 11.5. The molecule has 5 nitrogen and oxygen atoms in total. The molecule has 0 aliphatic rings. The van der Waals surface area contributed by atoms with Crippen LogP contribution in [0.5, 0.6) is 0 Å². The summed E-state index contributed by atoms with van der Waals surface area (Å²) >= 11 is 0. The van der Waals surface area contributed by atoms with Crippen molar-refractivity contribution in [1.29, 1.82) is 0 Å². The minimum Gasteiger partial charge on any atom is -0.478 e. The van der Waals surface area contributed by atoms with Crippen molar-refractivity contribution in [3.05, 3.63) is 35.4 Å². The van der Waals surface area contributed by atoms with Gasteiger partial charge in [-0.1, -0.05) is 18.2 Å². The maximum atomic E-state index is 11.8. The Kier molecular flexibility index (Phi) is 5.51. The van der Waals surface area contributed by atoms with Crippen molar-refractivity contribution in [1.82, 2.24) is 10.2 Å². The first-order valence-corrected chi connectivity index (χ1v) is 6.16. The Morgan fingerprint density at radius 1 is 1.32 bits per heavy atom. The summed E-state index contributed by atoms with van der Waals surface area (Å²) in [6.45, 7) is 2.55. The third kappa shape index (κ3) is 4.71. The highest BCUT2D eigenvalue weighted by Gasteiger charge is 2.13. The Morgan fingerprint density at radius 3 is 2.53 bits per heavy atom. The molecule has 0 heterocycles. The molecule has 1 aromatic carbocycles. The van der Waals surface area contributed by atoms with Gasteiger partial charge in [0, 0.05) is 12.6 Å². The van der Waals surface area contributed by atoms with Crippen LogP contribution in [0.15, 0.2) is 24.3 Å². The van der Waals surface area contributed by atoms with Crippen LogP contribution in [-0.2, 0) is 11.2 Å². The van der Waals surface area contributed by atoms with Crippen molar-refractivity contribution in [3.8, 4) is 0 Å². The number of hydrogen-bond donors (Lipinski definition) is 2. The molecule has 0 aromatic heterocycles. The molecule has 19 heavy (non-hydrogen) atoms. The molecule has 1 atom stereocenters. The van der Waals surface area contributed by atoms with Crippen molar-refractivity contribution >= 4 is 11.9 Å². The largest absolute Gasteiger partial charge is 0.478 e. The van der Waals surface area contributed by atoms with Gasteiger partial charge in [0.2, 0.25) is 5.91 Å². The van der Waals surface area contributed by atoms with E-state index in [2.05, 4.69) is 5.32 Å². The number of aromatic carboxylic acids is 1. The van der Waals surface area contributed by atoms with Crippen LogP contribution in [0.25, 0.3) is 0 Å². The number of carboxylic acid groups (broad SMARTS) is 1. The van der Waals surface area contributed by atoms with Crippen LogP contribution in [-0.4, -0.2) is 48.6 Å². The molecule has 104 valence electrons. The second-order valence-electron chi connectivity index (χ2n) is 4.76. The Morgan fingerprint density at radius 2 is 1.95 bits per heavy atom. The van der Waals surface area contributed by atoms with Crippen molar-refractivity contribution in [2.24, 2.45) is 0 Å². The highest BCUT2D eigenvalue weighted by molar-refractivity contribution is 5.91. The van der Waals surface area contributed by atoms with E-state index in [1.54, 1.807) is 18.2 Å². The lowest BCUT2D eigenvalue weighted by molar-refractivity contribution is -0.120. The smallest absolute Gasteiger partial charge is 0.335 e. The number of likely N-dealkylation sites (N-methyl/N-ethyl adjacent to an activating group) is 1. The summed E-state index contributed by atoms with van der Waals surface area (Å²) in [5.41, 5.74) is 0.711. The molecular weight excluding hydrogens is 244 g/mol. The molecule has 1 amide bonds. The molecule has 0 bridgehead atoms. The highest BCUT2D eigenvalue weighted by atomic mass is 16.4. The average molecular weight is 264 g/mol. The predicted molar refractivity (Wildman–Crippen MR) is 73.3 cm³/mol. The summed E-state index contributed by atoms with van der Waals surface area (Å²) in [5, 5.41) is 11.8. The number of rotatable bonds is 6. The van der Waals surface area contributed by atoms with Crippen LogP contribution in [0.1, 0.15) is 22.8 Å². The van der Waals surface area contributed by atoms with Crippen LogP contribution in [0.2, 0.25) is 0 Å². The number of carbonyl (C=O) groups is 2. The number of nitrogens with one attached hydrogen (secondary N) is 1. The van der Waals surface area contributed by atoms with Crippen molar-refractivity contribution in [2.75, 3.05) is 20.6 Å². The number of hydrogen-bond acceptors (Lipinski definition) is 3. The summed E-state index contributed by atoms with van der Waals surface area (Å²) in [5.74, 6) is -1.17. The zero-order valence-electron chi connectivity index (χ0n) is 11.5. The first-order valence-electron chi connectivity index (χ1n) is 6.16. The highest BCUT2D eigenvalue weighted by Crippen LogP contribution is 2.09. The molecule has 5 heteroatoms. The van der Waals surface area contributed by atoms with Crippen LogP contribution in [0, 0.1) is 0 Å². The summed E-state index contributed by atoms with van der Waals surface area (Å²) < 4.78 is 0. The maximum absolute atomic E-state index is 11.8. The van der Waals surface area contributed by atoms with Gasteiger partial charge in [-0.3, -0.25) is 4.79 Å². The van der Waals surface area contributed by atoms with Gasteiger partial charge in [0.05, 0.1) is 12.0 Å². The van der Waals surface area contributed by atoms with Crippen LogP contribution < -0.4 is 5.32 Å². The van der Waals surface area contributed by atoms with E-state index in [0.29, 0.717) is 12.1 Å². The molecule has 1 rings (SSSR count). The number of carbonyl (C=O) groups excluding carboxylic acids is 1. The minimum absolute atomic E-state index is 0.0859. The third-order valence-electron chi connectivity index (χ3n) is 3.07.